The van der Waals surface area contributed by atoms with Crippen molar-refractivity contribution in [2.45, 2.75) is 53.1 Å². The van der Waals surface area contributed by atoms with Crippen molar-refractivity contribution in [2.24, 2.45) is 5.92 Å². The standard InChI is InChI=1S/C24H32N2O/c1-17-9-10-19(3)23(15-17)20(4)25-24(27)21-11-13-26(14-12-21)16-22-8-6-5-7-18(22)2/h5-10,15,20-21H,11-14,16H2,1-4H3,(H,25,27)/t20-/m0/s1. The minimum absolute atomic E-state index is 0.0578. The van der Waals surface area contributed by atoms with Crippen LogP contribution in [0, 0.1) is 26.7 Å². The van der Waals surface area contributed by atoms with E-state index in [4.69, 9.17) is 0 Å². The topological polar surface area (TPSA) is 32.3 Å². The number of carbonyl (C=O) groups excluding carboxylic acids is 1. The van der Waals surface area contributed by atoms with Gasteiger partial charge in [0.05, 0.1) is 6.04 Å². The summed E-state index contributed by atoms with van der Waals surface area (Å²) in [5.74, 6) is 0.338. The molecule has 1 aliphatic rings. The fourth-order valence-corrected chi connectivity index (χ4v) is 4.02. The van der Waals surface area contributed by atoms with E-state index in [1.165, 1.54) is 27.8 Å². The van der Waals surface area contributed by atoms with Gasteiger partial charge in [-0.1, -0.05) is 48.0 Å². The Morgan fingerprint density at radius 3 is 2.48 bits per heavy atom. The lowest BCUT2D eigenvalue weighted by molar-refractivity contribution is -0.127. The largest absolute Gasteiger partial charge is 0.349 e. The minimum Gasteiger partial charge on any atom is -0.349 e. The molecule has 0 unspecified atom stereocenters. The zero-order valence-electron chi connectivity index (χ0n) is 17.1. The molecule has 2 aromatic carbocycles. The second kappa shape index (κ2) is 8.71. The van der Waals surface area contributed by atoms with E-state index in [1.54, 1.807) is 0 Å². The lowest BCUT2D eigenvalue weighted by Gasteiger charge is -2.32. The molecule has 1 N–H and O–H groups in total. The van der Waals surface area contributed by atoms with Gasteiger partial charge in [-0.25, -0.2) is 0 Å². The number of hydrogen-bond donors (Lipinski definition) is 1. The van der Waals surface area contributed by atoms with Gasteiger partial charge in [0.25, 0.3) is 0 Å². The SMILES string of the molecule is Cc1ccc(C)c([C@H](C)NC(=O)C2CCN(Cc3ccccc3C)CC2)c1. The Bertz CT molecular complexity index is 791. The summed E-state index contributed by atoms with van der Waals surface area (Å²) in [6.07, 6.45) is 1.88. The van der Waals surface area contributed by atoms with Gasteiger partial charge in [0.2, 0.25) is 5.91 Å². The summed E-state index contributed by atoms with van der Waals surface area (Å²) in [5, 5.41) is 3.25. The molecule has 0 radical (unpaired) electrons. The average molecular weight is 365 g/mol. The first-order valence-corrected chi connectivity index (χ1v) is 10.1. The summed E-state index contributed by atoms with van der Waals surface area (Å²) in [6.45, 7) is 11.4. The first-order valence-electron chi connectivity index (χ1n) is 10.1. The first-order chi connectivity index (χ1) is 12.9. The molecule has 144 valence electrons. The third-order valence-corrected chi connectivity index (χ3v) is 5.87. The molecule has 1 fully saturated rings. The van der Waals surface area contributed by atoms with Crippen LogP contribution in [0.25, 0.3) is 0 Å². The molecule has 0 saturated carbocycles. The molecule has 3 rings (SSSR count). The lowest BCUT2D eigenvalue weighted by Crippen LogP contribution is -2.41. The molecule has 1 saturated heterocycles. The number of piperidine rings is 1. The summed E-state index contributed by atoms with van der Waals surface area (Å²) in [4.78, 5) is 15.2. The maximum atomic E-state index is 12.8. The van der Waals surface area contributed by atoms with Gasteiger partial charge in [-0.2, -0.15) is 0 Å². The maximum absolute atomic E-state index is 12.8. The summed E-state index contributed by atoms with van der Waals surface area (Å²) in [5.41, 5.74) is 6.44. The van der Waals surface area contributed by atoms with Crippen molar-refractivity contribution in [2.75, 3.05) is 13.1 Å². The van der Waals surface area contributed by atoms with Crippen molar-refractivity contribution in [1.82, 2.24) is 10.2 Å². The smallest absolute Gasteiger partial charge is 0.223 e. The highest BCUT2D eigenvalue weighted by Crippen LogP contribution is 2.23. The van der Waals surface area contributed by atoms with E-state index in [9.17, 15) is 4.79 Å². The van der Waals surface area contributed by atoms with E-state index < -0.39 is 0 Å². The quantitative estimate of drug-likeness (QED) is 0.834. The van der Waals surface area contributed by atoms with Crippen LogP contribution < -0.4 is 5.32 Å². The third kappa shape index (κ3) is 4.98. The monoisotopic (exact) mass is 364 g/mol. The van der Waals surface area contributed by atoms with Gasteiger partial charge in [0.1, 0.15) is 0 Å². The molecule has 1 amide bonds. The summed E-state index contributed by atoms with van der Waals surface area (Å²) >= 11 is 0. The highest BCUT2D eigenvalue weighted by atomic mass is 16.1. The number of aryl methyl sites for hydroxylation is 3. The molecular formula is C24H32N2O. The Morgan fingerprint density at radius 1 is 1.07 bits per heavy atom. The number of likely N-dealkylation sites (tertiary alicyclic amines) is 1. The number of benzene rings is 2. The molecule has 3 heteroatoms. The zero-order valence-corrected chi connectivity index (χ0v) is 17.1. The van der Waals surface area contributed by atoms with E-state index >= 15 is 0 Å². The van der Waals surface area contributed by atoms with Gasteiger partial charge in [0.15, 0.2) is 0 Å². The molecule has 0 aromatic heterocycles. The number of hydrogen-bond acceptors (Lipinski definition) is 2. The average Bonchev–Trinajstić information content (AvgIpc) is 2.66. The Labute approximate surface area is 163 Å². The first kappa shape index (κ1) is 19.6. The summed E-state index contributed by atoms with van der Waals surface area (Å²) in [6, 6.07) is 15.1. The molecule has 0 spiro atoms. The van der Waals surface area contributed by atoms with Crippen molar-refractivity contribution in [3.63, 3.8) is 0 Å². The number of rotatable bonds is 5. The van der Waals surface area contributed by atoms with Crippen LogP contribution >= 0.6 is 0 Å². The van der Waals surface area contributed by atoms with Gasteiger partial charge in [-0.15, -0.1) is 0 Å². The van der Waals surface area contributed by atoms with Gasteiger partial charge >= 0.3 is 0 Å². The molecule has 1 atom stereocenters. The van der Waals surface area contributed by atoms with Gasteiger partial charge < -0.3 is 5.32 Å². The normalized spacial score (nSPS) is 16.9. The Kier molecular flexibility index (Phi) is 6.33. The minimum atomic E-state index is 0.0578. The van der Waals surface area contributed by atoms with E-state index in [1.807, 2.05) is 0 Å². The van der Waals surface area contributed by atoms with Gasteiger partial charge in [0, 0.05) is 12.5 Å². The molecule has 0 aliphatic carbocycles. The van der Waals surface area contributed by atoms with E-state index in [0.717, 1.165) is 32.5 Å². The second-order valence-electron chi connectivity index (χ2n) is 8.07. The highest BCUT2D eigenvalue weighted by Gasteiger charge is 2.26. The van der Waals surface area contributed by atoms with Crippen LogP contribution in [-0.2, 0) is 11.3 Å². The molecule has 2 aromatic rings. The maximum Gasteiger partial charge on any atom is 0.223 e. The van der Waals surface area contributed by atoms with Crippen LogP contribution in [0.5, 0.6) is 0 Å². The predicted molar refractivity (Wildman–Crippen MR) is 112 cm³/mol. The zero-order chi connectivity index (χ0) is 19.4. The fourth-order valence-electron chi connectivity index (χ4n) is 4.02. The van der Waals surface area contributed by atoms with Crippen molar-refractivity contribution in [3.05, 3.63) is 70.3 Å². The third-order valence-electron chi connectivity index (χ3n) is 5.87. The van der Waals surface area contributed by atoms with E-state index in [2.05, 4.69) is 80.4 Å². The van der Waals surface area contributed by atoms with Crippen molar-refractivity contribution >= 4 is 5.91 Å². The highest BCUT2D eigenvalue weighted by molar-refractivity contribution is 5.79. The lowest BCUT2D eigenvalue weighted by atomic mass is 9.94. The molecule has 0 bridgehead atoms. The van der Waals surface area contributed by atoms with Gasteiger partial charge in [-0.05, 0) is 75.9 Å². The van der Waals surface area contributed by atoms with Crippen molar-refractivity contribution in [3.8, 4) is 0 Å². The Hall–Kier alpha value is -2.13. The predicted octanol–water partition coefficient (Wildman–Crippen LogP) is 4.70. The van der Waals surface area contributed by atoms with Crippen LogP contribution in [-0.4, -0.2) is 23.9 Å². The Balaban J connectivity index is 1.52. The molecule has 1 heterocycles. The van der Waals surface area contributed by atoms with E-state index in [-0.39, 0.29) is 17.9 Å². The molecule has 3 nitrogen and oxygen atoms in total. The number of amides is 1. The number of nitrogens with zero attached hydrogens (tertiary/aromatic N) is 1. The summed E-state index contributed by atoms with van der Waals surface area (Å²) in [7, 11) is 0. The van der Waals surface area contributed by atoms with Crippen molar-refractivity contribution < 1.29 is 4.79 Å². The fraction of sp³-hybridized carbons (Fsp3) is 0.458. The number of carbonyl (C=O) groups is 1. The van der Waals surface area contributed by atoms with Gasteiger partial charge in [-0.3, -0.25) is 9.69 Å². The van der Waals surface area contributed by atoms with Crippen LogP contribution in [0.1, 0.15) is 53.6 Å². The van der Waals surface area contributed by atoms with Crippen LogP contribution in [0.2, 0.25) is 0 Å². The number of nitrogens with one attached hydrogen (secondary N) is 1. The summed E-state index contributed by atoms with van der Waals surface area (Å²) < 4.78 is 0. The molecule has 27 heavy (non-hydrogen) atoms. The van der Waals surface area contributed by atoms with Crippen LogP contribution in [0.15, 0.2) is 42.5 Å². The van der Waals surface area contributed by atoms with Crippen molar-refractivity contribution in [1.29, 1.82) is 0 Å². The van der Waals surface area contributed by atoms with Crippen LogP contribution in [0.4, 0.5) is 0 Å². The second-order valence-corrected chi connectivity index (χ2v) is 8.07. The Morgan fingerprint density at radius 2 is 1.78 bits per heavy atom. The van der Waals surface area contributed by atoms with Crippen LogP contribution in [0.3, 0.4) is 0 Å². The molecular weight excluding hydrogens is 332 g/mol. The molecule has 1 aliphatic heterocycles. The van der Waals surface area contributed by atoms with E-state index in [0.29, 0.717) is 0 Å².